The van der Waals surface area contributed by atoms with Crippen LogP contribution in [0.5, 0.6) is 0 Å². The molecule has 0 bridgehead atoms. The minimum Gasteiger partial charge on any atom is -0.315 e. The van der Waals surface area contributed by atoms with Crippen molar-refractivity contribution in [1.82, 2.24) is 14.6 Å². The lowest BCUT2D eigenvalue weighted by molar-refractivity contribution is 0.474. The third-order valence-corrected chi connectivity index (χ3v) is 6.53. The fourth-order valence-electron chi connectivity index (χ4n) is 1.88. The zero-order valence-corrected chi connectivity index (χ0v) is 13.7. The predicted molar refractivity (Wildman–Crippen MR) is 84.8 cm³/mol. The number of rotatable bonds is 7. The Labute approximate surface area is 129 Å². The molecule has 0 radical (unpaired) electrons. The zero-order valence-electron chi connectivity index (χ0n) is 12.1. The second kappa shape index (κ2) is 7.13. The first-order chi connectivity index (χ1) is 10.0. The van der Waals surface area contributed by atoms with Crippen molar-refractivity contribution in [2.75, 3.05) is 20.6 Å². The first-order valence-corrected chi connectivity index (χ1v) is 8.88. The van der Waals surface area contributed by atoms with Gasteiger partial charge in [-0.25, -0.2) is 8.42 Å². The van der Waals surface area contributed by atoms with Crippen LogP contribution in [0.1, 0.15) is 10.4 Å². The van der Waals surface area contributed by atoms with Gasteiger partial charge in [0.2, 0.25) is 0 Å². The van der Waals surface area contributed by atoms with Gasteiger partial charge in [0.05, 0.1) is 0 Å². The van der Waals surface area contributed by atoms with Crippen LogP contribution in [0.3, 0.4) is 0 Å². The normalized spacial score (nSPS) is 12.0. The van der Waals surface area contributed by atoms with Crippen LogP contribution in [-0.4, -0.2) is 38.3 Å². The number of thiophene rings is 1. The number of sulfonamides is 1. The highest BCUT2D eigenvalue weighted by Gasteiger charge is 2.22. The Balaban J connectivity index is 2.04. The summed E-state index contributed by atoms with van der Waals surface area (Å²) in [4.78, 5) is 4.97. The minimum absolute atomic E-state index is 0.393. The quantitative estimate of drug-likeness (QED) is 0.842. The van der Waals surface area contributed by atoms with E-state index in [-0.39, 0.29) is 0 Å². The highest BCUT2D eigenvalue weighted by molar-refractivity contribution is 7.91. The van der Waals surface area contributed by atoms with Gasteiger partial charge in [-0.05, 0) is 43.3 Å². The monoisotopic (exact) mass is 325 g/mol. The van der Waals surface area contributed by atoms with Crippen LogP contribution in [0.25, 0.3) is 0 Å². The minimum atomic E-state index is -3.40. The second-order valence-corrected chi connectivity index (χ2v) is 8.12. The maximum atomic E-state index is 12.5. The van der Waals surface area contributed by atoms with E-state index in [0.29, 0.717) is 23.7 Å². The van der Waals surface area contributed by atoms with Gasteiger partial charge < -0.3 is 5.32 Å². The third kappa shape index (κ3) is 4.10. The van der Waals surface area contributed by atoms with Crippen LogP contribution < -0.4 is 5.32 Å². The molecule has 2 heterocycles. The molecular weight excluding hydrogens is 306 g/mol. The molecule has 114 valence electrons. The standard InChI is InChI=1S/C14H19N3O2S2/c1-15-11-13-3-4-14(20-13)21(18,19)17(2)10-7-12-5-8-16-9-6-12/h3-6,8-9,15H,7,10-11H2,1-2H3. The molecule has 2 aromatic heterocycles. The van der Waals surface area contributed by atoms with Gasteiger partial charge in [0.1, 0.15) is 4.21 Å². The van der Waals surface area contributed by atoms with Crippen molar-refractivity contribution >= 4 is 21.4 Å². The summed E-state index contributed by atoms with van der Waals surface area (Å²) in [6.07, 6.45) is 4.10. The molecule has 0 unspecified atom stereocenters. The van der Waals surface area contributed by atoms with Crippen LogP contribution in [-0.2, 0) is 23.0 Å². The largest absolute Gasteiger partial charge is 0.315 e. The van der Waals surface area contributed by atoms with E-state index in [2.05, 4.69) is 10.3 Å². The van der Waals surface area contributed by atoms with Crippen molar-refractivity contribution in [2.45, 2.75) is 17.2 Å². The molecule has 0 saturated heterocycles. The first-order valence-electron chi connectivity index (χ1n) is 6.62. The second-order valence-electron chi connectivity index (χ2n) is 4.68. The lowest BCUT2D eigenvalue weighted by Crippen LogP contribution is -2.28. The molecule has 0 aromatic carbocycles. The molecule has 2 rings (SSSR count). The van der Waals surface area contributed by atoms with Gasteiger partial charge in [-0.2, -0.15) is 4.31 Å². The Hall–Kier alpha value is -1.28. The van der Waals surface area contributed by atoms with Crippen LogP contribution in [0.15, 0.2) is 40.9 Å². The van der Waals surface area contributed by atoms with Gasteiger partial charge in [-0.15, -0.1) is 11.3 Å². The molecule has 5 nitrogen and oxygen atoms in total. The smallest absolute Gasteiger partial charge is 0.252 e. The maximum Gasteiger partial charge on any atom is 0.252 e. The van der Waals surface area contributed by atoms with Crippen molar-refractivity contribution in [1.29, 1.82) is 0 Å². The third-order valence-electron chi connectivity index (χ3n) is 3.12. The molecule has 0 atom stereocenters. The van der Waals surface area contributed by atoms with Gasteiger partial charge >= 0.3 is 0 Å². The van der Waals surface area contributed by atoms with Crippen molar-refractivity contribution in [2.24, 2.45) is 0 Å². The molecular formula is C14H19N3O2S2. The molecule has 0 saturated carbocycles. The molecule has 0 fully saturated rings. The Bertz CT molecular complexity index is 669. The van der Waals surface area contributed by atoms with E-state index in [1.807, 2.05) is 25.2 Å². The highest BCUT2D eigenvalue weighted by atomic mass is 32.2. The fraction of sp³-hybridized carbons (Fsp3) is 0.357. The van der Waals surface area contributed by atoms with Crippen LogP contribution in [0, 0.1) is 0 Å². The van der Waals surface area contributed by atoms with Crippen LogP contribution in [0.4, 0.5) is 0 Å². The Kier molecular flexibility index (Phi) is 5.46. The average molecular weight is 325 g/mol. The van der Waals surface area contributed by atoms with E-state index in [1.54, 1.807) is 25.5 Å². The molecule has 7 heteroatoms. The van der Waals surface area contributed by atoms with E-state index in [4.69, 9.17) is 0 Å². The van der Waals surface area contributed by atoms with E-state index in [1.165, 1.54) is 15.6 Å². The van der Waals surface area contributed by atoms with Gasteiger partial charge in [0, 0.05) is 37.4 Å². The van der Waals surface area contributed by atoms with Gasteiger partial charge in [-0.1, -0.05) is 0 Å². The topological polar surface area (TPSA) is 62.3 Å². The molecule has 0 aliphatic heterocycles. The number of nitrogens with one attached hydrogen (secondary N) is 1. The molecule has 0 amide bonds. The summed E-state index contributed by atoms with van der Waals surface area (Å²) in [5.41, 5.74) is 1.08. The Morgan fingerprint density at radius 3 is 2.62 bits per heavy atom. The number of aromatic nitrogens is 1. The van der Waals surface area contributed by atoms with Gasteiger partial charge in [-0.3, -0.25) is 4.98 Å². The van der Waals surface area contributed by atoms with Gasteiger partial charge in [0.15, 0.2) is 0 Å². The van der Waals surface area contributed by atoms with Crippen molar-refractivity contribution in [3.63, 3.8) is 0 Å². The number of nitrogens with zero attached hydrogens (tertiary/aromatic N) is 2. The van der Waals surface area contributed by atoms with E-state index >= 15 is 0 Å². The fourth-order valence-corrected chi connectivity index (χ4v) is 4.63. The Morgan fingerprint density at radius 2 is 1.95 bits per heavy atom. The molecule has 0 aliphatic carbocycles. The van der Waals surface area contributed by atoms with Crippen molar-refractivity contribution in [3.05, 3.63) is 47.1 Å². The number of hydrogen-bond acceptors (Lipinski definition) is 5. The summed E-state index contributed by atoms with van der Waals surface area (Å²) in [5.74, 6) is 0. The number of pyridine rings is 1. The molecule has 0 spiro atoms. The van der Waals surface area contributed by atoms with E-state index in [0.717, 1.165) is 10.4 Å². The van der Waals surface area contributed by atoms with E-state index < -0.39 is 10.0 Å². The van der Waals surface area contributed by atoms with Crippen LogP contribution in [0.2, 0.25) is 0 Å². The molecule has 0 aliphatic rings. The molecule has 1 N–H and O–H groups in total. The van der Waals surface area contributed by atoms with Crippen molar-refractivity contribution < 1.29 is 8.42 Å². The summed E-state index contributed by atoms with van der Waals surface area (Å²) in [6, 6.07) is 7.33. The number of hydrogen-bond donors (Lipinski definition) is 1. The summed E-state index contributed by atoms with van der Waals surface area (Å²) >= 11 is 1.31. The lowest BCUT2D eigenvalue weighted by atomic mass is 10.2. The highest BCUT2D eigenvalue weighted by Crippen LogP contribution is 2.24. The van der Waals surface area contributed by atoms with E-state index in [9.17, 15) is 8.42 Å². The maximum absolute atomic E-state index is 12.5. The average Bonchev–Trinajstić information content (AvgIpc) is 2.95. The summed E-state index contributed by atoms with van der Waals surface area (Å²) < 4.78 is 26.7. The Morgan fingerprint density at radius 1 is 1.24 bits per heavy atom. The van der Waals surface area contributed by atoms with Crippen LogP contribution >= 0.6 is 11.3 Å². The summed E-state index contributed by atoms with van der Waals surface area (Å²) in [6.45, 7) is 1.13. The lowest BCUT2D eigenvalue weighted by Gasteiger charge is -2.15. The number of likely N-dealkylation sites (N-methyl/N-ethyl adjacent to an activating group) is 1. The van der Waals surface area contributed by atoms with Crippen molar-refractivity contribution in [3.8, 4) is 0 Å². The summed E-state index contributed by atoms with van der Waals surface area (Å²) in [5, 5.41) is 3.02. The SMILES string of the molecule is CNCc1ccc(S(=O)(=O)N(C)CCc2ccncc2)s1. The predicted octanol–water partition coefficient (Wildman–Crippen LogP) is 1.73. The molecule has 2 aromatic rings. The summed E-state index contributed by atoms with van der Waals surface area (Å²) in [7, 11) is 0.0629. The first kappa shape index (κ1) is 16.1. The van der Waals surface area contributed by atoms with Gasteiger partial charge in [0.25, 0.3) is 10.0 Å². The zero-order chi connectivity index (χ0) is 15.3. The molecule has 21 heavy (non-hydrogen) atoms.